The highest BCUT2D eigenvalue weighted by Crippen LogP contribution is 2.31. The van der Waals surface area contributed by atoms with Crippen molar-refractivity contribution in [2.75, 3.05) is 39.2 Å². The predicted molar refractivity (Wildman–Crippen MR) is 153 cm³/mol. The normalized spacial score (nSPS) is 19.3. The van der Waals surface area contributed by atoms with Gasteiger partial charge in [-0.05, 0) is 30.4 Å². The number of hydrogen-bond acceptors (Lipinski definition) is 8. The molecule has 1 aromatic carbocycles. The van der Waals surface area contributed by atoms with Gasteiger partial charge in [-0.1, -0.05) is 18.2 Å². The Morgan fingerprint density at radius 3 is 2.61 bits per heavy atom. The van der Waals surface area contributed by atoms with E-state index < -0.39 is 6.09 Å². The summed E-state index contributed by atoms with van der Waals surface area (Å²) >= 11 is 1.71. The summed E-state index contributed by atoms with van der Waals surface area (Å²) in [5, 5.41) is 12.7. The van der Waals surface area contributed by atoms with Crippen molar-refractivity contribution in [1.82, 2.24) is 31.3 Å². The van der Waals surface area contributed by atoms with E-state index in [1.807, 2.05) is 34.9 Å². The number of aryl methyl sites for hydroxylation is 1. The lowest BCUT2D eigenvalue weighted by atomic mass is 10.1. The number of carbonyl (C=O) groups excluding carboxylic acids is 4. The van der Waals surface area contributed by atoms with Gasteiger partial charge in [-0.15, -0.1) is 0 Å². The molecule has 0 saturated carbocycles. The molecular weight excluding hydrogens is 552 g/mol. The van der Waals surface area contributed by atoms with Crippen molar-refractivity contribution in [3.05, 3.63) is 36.0 Å². The second-order valence-electron chi connectivity index (χ2n) is 9.82. The smallest absolute Gasteiger partial charge is 0.431 e. The van der Waals surface area contributed by atoms with Crippen LogP contribution >= 0.6 is 11.8 Å². The number of hydrogen-bond donors (Lipinski definition) is 5. The van der Waals surface area contributed by atoms with E-state index in [2.05, 4.69) is 31.5 Å². The number of ether oxygens (including phenoxy) is 2. The fourth-order valence-electron chi connectivity index (χ4n) is 4.89. The molecule has 224 valence electrons. The standard InChI is InChI=1S/C27H38N6O7S/c1-38-27(37)32-40-16-19-14-18-6-2-3-7-21(18)33(19)11-8-23(34)28-9-4-12-39-13-5-10-29-24(35)15-22-25-20(17-41-22)30-26(36)31-25/h2-3,6-7,14,20,22,25H,4-5,8-13,15-17H2,1H3,(H,28,34)(H,29,35)(H,32,37)(H2,30,31,36)/t20-,22-,25-/m0/s1. The van der Waals surface area contributed by atoms with Crippen molar-refractivity contribution >= 4 is 46.6 Å². The van der Waals surface area contributed by atoms with E-state index in [-0.39, 0.29) is 41.8 Å². The third-order valence-electron chi connectivity index (χ3n) is 6.92. The van der Waals surface area contributed by atoms with E-state index in [9.17, 15) is 19.2 Å². The molecule has 41 heavy (non-hydrogen) atoms. The molecule has 3 atom stereocenters. The molecule has 0 radical (unpaired) electrons. The van der Waals surface area contributed by atoms with Gasteiger partial charge in [-0.3, -0.25) is 14.4 Å². The Bertz CT molecular complexity index is 1210. The SMILES string of the molecule is COC(=O)NOCc1cc2ccccc2n1CCC(=O)NCCCOCCCNC(=O)C[C@@H]1SC[C@@H]2NC(=O)N[C@@H]21. The van der Waals surface area contributed by atoms with Gasteiger partial charge < -0.3 is 35.3 Å². The summed E-state index contributed by atoms with van der Waals surface area (Å²) in [6.07, 6.45) is 1.38. The van der Waals surface area contributed by atoms with Crippen LogP contribution in [0.25, 0.3) is 10.9 Å². The number of thioether (sulfide) groups is 1. The van der Waals surface area contributed by atoms with Crippen molar-refractivity contribution in [2.24, 2.45) is 0 Å². The summed E-state index contributed by atoms with van der Waals surface area (Å²) in [6.45, 7) is 2.67. The predicted octanol–water partition coefficient (Wildman–Crippen LogP) is 1.40. The van der Waals surface area contributed by atoms with Crippen LogP contribution in [0.3, 0.4) is 0 Å². The molecule has 5 N–H and O–H groups in total. The summed E-state index contributed by atoms with van der Waals surface area (Å²) < 4.78 is 12.1. The number of benzene rings is 1. The largest absolute Gasteiger partial charge is 0.451 e. The van der Waals surface area contributed by atoms with Crippen molar-refractivity contribution < 1.29 is 33.5 Å². The van der Waals surface area contributed by atoms with Gasteiger partial charge in [0.25, 0.3) is 0 Å². The monoisotopic (exact) mass is 590 g/mol. The molecule has 2 aliphatic heterocycles. The highest BCUT2D eigenvalue weighted by atomic mass is 32.2. The minimum Gasteiger partial charge on any atom is -0.451 e. The van der Waals surface area contributed by atoms with Gasteiger partial charge in [0.1, 0.15) is 6.61 Å². The molecule has 2 fully saturated rings. The van der Waals surface area contributed by atoms with E-state index in [1.165, 1.54) is 7.11 Å². The molecule has 0 spiro atoms. The molecule has 14 heteroatoms. The quantitative estimate of drug-likeness (QED) is 0.111. The fraction of sp³-hybridized carbons (Fsp3) is 0.556. The first-order valence-corrected chi connectivity index (χ1v) is 14.8. The molecule has 0 aliphatic carbocycles. The summed E-state index contributed by atoms with van der Waals surface area (Å²) in [7, 11) is 1.26. The number of aromatic nitrogens is 1. The molecule has 2 aliphatic rings. The highest BCUT2D eigenvalue weighted by molar-refractivity contribution is 8.00. The Labute approximate surface area is 242 Å². The van der Waals surface area contributed by atoms with Crippen LogP contribution in [-0.2, 0) is 37.1 Å². The maximum absolute atomic E-state index is 12.4. The van der Waals surface area contributed by atoms with E-state index >= 15 is 0 Å². The first-order chi connectivity index (χ1) is 19.9. The van der Waals surface area contributed by atoms with Crippen LogP contribution in [-0.4, -0.2) is 85.0 Å². The van der Waals surface area contributed by atoms with Crippen LogP contribution in [0.2, 0.25) is 0 Å². The highest BCUT2D eigenvalue weighted by Gasteiger charge is 2.43. The minimum absolute atomic E-state index is 0.0163. The van der Waals surface area contributed by atoms with Crippen molar-refractivity contribution in [3.63, 3.8) is 0 Å². The van der Waals surface area contributed by atoms with Crippen molar-refractivity contribution in [3.8, 4) is 0 Å². The molecule has 2 aromatic rings. The number of methoxy groups -OCH3 is 1. The van der Waals surface area contributed by atoms with E-state index in [0.717, 1.165) is 22.3 Å². The Kier molecular flexibility index (Phi) is 11.5. The van der Waals surface area contributed by atoms with E-state index in [4.69, 9.17) is 9.57 Å². The van der Waals surface area contributed by atoms with Gasteiger partial charge in [-0.25, -0.2) is 9.59 Å². The summed E-state index contributed by atoms with van der Waals surface area (Å²) in [6, 6.07) is 9.78. The molecule has 5 amide bonds. The average molecular weight is 591 g/mol. The Morgan fingerprint density at radius 1 is 1.07 bits per heavy atom. The average Bonchev–Trinajstić information content (AvgIpc) is 3.63. The van der Waals surface area contributed by atoms with E-state index in [1.54, 1.807) is 11.8 Å². The zero-order chi connectivity index (χ0) is 29.0. The second kappa shape index (κ2) is 15.5. The number of hydroxylamine groups is 1. The van der Waals surface area contributed by atoms with Gasteiger partial charge in [0.15, 0.2) is 0 Å². The van der Waals surface area contributed by atoms with Crippen LogP contribution in [0.5, 0.6) is 0 Å². The summed E-state index contributed by atoms with van der Waals surface area (Å²) in [5.74, 6) is 0.746. The number of rotatable bonds is 16. The first-order valence-electron chi connectivity index (χ1n) is 13.8. The molecule has 1 aromatic heterocycles. The number of urea groups is 1. The number of carbonyl (C=O) groups is 4. The van der Waals surface area contributed by atoms with Gasteiger partial charge >= 0.3 is 12.1 Å². The minimum atomic E-state index is -0.685. The topological polar surface area (TPSA) is 161 Å². The lowest BCUT2D eigenvalue weighted by molar-refractivity contribution is -0.122. The summed E-state index contributed by atoms with van der Waals surface area (Å²) in [4.78, 5) is 52.6. The molecule has 4 rings (SSSR count). The molecular formula is C27H38N6O7S. The number of nitrogens with zero attached hydrogens (tertiary/aromatic N) is 1. The zero-order valence-electron chi connectivity index (χ0n) is 23.1. The first kappa shape index (κ1) is 30.5. The third-order valence-corrected chi connectivity index (χ3v) is 8.36. The van der Waals surface area contributed by atoms with Crippen LogP contribution < -0.4 is 26.7 Å². The molecule has 0 bridgehead atoms. The Hall–Kier alpha value is -3.49. The van der Waals surface area contributed by atoms with E-state index in [0.29, 0.717) is 58.5 Å². The van der Waals surface area contributed by atoms with Crippen molar-refractivity contribution in [1.29, 1.82) is 0 Å². The lowest BCUT2D eigenvalue weighted by Gasteiger charge is -2.16. The lowest BCUT2D eigenvalue weighted by Crippen LogP contribution is -2.39. The zero-order valence-corrected chi connectivity index (χ0v) is 23.9. The molecule has 2 saturated heterocycles. The van der Waals surface area contributed by atoms with Gasteiger partial charge in [0.2, 0.25) is 11.8 Å². The van der Waals surface area contributed by atoms with Gasteiger partial charge in [0.05, 0.1) is 19.2 Å². The van der Waals surface area contributed by atoms with Crippen LogP contribution in [0.15, 0.2) is 30.3 Å². The third kappa shape index (κ3) is 9.00. The van der Waals surface area contributed by atoms with Crippen LogP contribution in [0.4, 0.5) is 9.59 Å². The second-order valence-corrected chi connectivity index (χ2v) is 11.1. The maximum Gasteiger partial charge on any atom is 0.431 e. The molecule has 3 heterocycles. The molecule has 13 nitrogen and oxygen atoms in total. The van der Waals surface area contributed by atoms with Crippen LogP contribution in [0, 0.1) is 0 Å². The number of para-hydroxylation sites is 1. The van der Waals surface area contributed by atoms with Gasteiger partial charge in [-0.2, -0.15) is 17.2 Å². The van der Waals surface area contributed by atoms with Crippen LogP contribution in [0.1, 0.15) is 31.4 Å². The van der Waals surface area contributed by atoms with Crippen molar-refractivity contribution in [2.45, 2.75) is 56.2 Å². The number of nitrogens with one attached hydrogen (secondary N) is 5. The Morgan fingerprint density at radius 2 is 1.83 bits per heavy atom. The summed E-state index contributed by atoms with van der Waals surface area (Å²) in [5.41, 5.74) is 4.00. The number of amides is 5. The Balaban J connectivity index is 1.04. The maximum atomic E-state index is 12.4. The fourth-order valence-corrected chi connectivity index (χ4v) is 6.37. The molecule has 0 unspecified atom stereocenters. The number of fused-ring (bicyclic) bond motifs is 2. The van der Waals surface area contributed by atoms with Gasteiger partial charge in [0, 0.05) is 67.9 Å².